The first kappa shape index (κ1) is 13.9. The highest BCUT2D eigenvalue weighted by atomic mass is 16.5. The Hall–Kier alpha value is -2.49. The van der Waals surface area contributed by atoms with Gasteiger partial charge < -0.3 is 15.2 Å². The van der Waals surface area contributed by atoms with Gasteiger partial charge in [0.05, 0.1) is 7.11 Å². The van der Waals surface area contributed by atoms with Crippen molar-refractivity contribution in [3.8, 4) is 11.5 Å². The maximum Gasteiger partial charge on any atom is 0.159 e. The first-order valence-corrected chi connectivity index (χ1v) is 6.31. The number of Topliss-reactive ketones (excluding diaryl/α,β-unsaturated/α-hetero) is 1. The molecule has 2 rings (SSSR count). The van der Waals surface area contributed by atoms with Crippen LogP contribution in [0.5, 0.6) is 11.5 Å². The maximum absolute atomic E-state index is 11.2. The summed E-state index contributed by atoms with van der Waals surface area (Å²) in [7, 11) is 1.59. The van der Waals surface area contributed by atoms with Gasteiger partial charge in [0, 0.05) is 23.4 Å². The normalized spacial score (nSPS) is 10.1. The van der Waals surface area contributed by atoms with Crippen LogP contribution in [0.25, 0.3) is 0 Å². The summed E-state index contributed by atoms with van der Waals surface area (Å²) in [5.74, 6) is 0.965. The Morgan fingerprint density at radius 3 is 2.50 bits per heavy atom. The SMILES string of the molecule is COc1ccc(O)c(CNc2ccc(C(C)=O)cc2)c1. The van der Waals surface area contributed by atoms with Gasteiger partial charge in [-0.15, -0.1) is 0 Å². The van der Waals surface area contributed by atoms with Gasteiger partial charge in [0.25, 0.3) is 0 Å². The van der Waals surface area contributed by atoms with Gasteiger partial charge in [0.2, 0.25) is 0 Å². The predicted octanol–water partition coefficient (Wildman–Crippen LogP) is 3.22. The smallest absolute Gasteiger partial charge is 0.159 e. The van der Waals surface area contributed by atoms with Crippen molar-refractivity contribution in [2.24, 2.45) is 0 Å². The molecular formula is C16H17NO3. The van der Waals surface area contributed by atoms with E-state index in [1.807, 2.05) is 12.1 Å². The number of phenols is 1. The van der Waals surface area contributed by atoms with Gasteiger partial charge in [-0.1, -0.05) is 0 Å². The summed E-state index contributed by atoms with van der Waals surface area (Å²) in [6.07, 6.45) is 0. The number of carbonyl (C=O) groups is 1. The predicted molar refractivity (Wildman–Crippen MR) is 78.4 cm³/mol. The van der Waals surface area contributed by atoms with Crippen LogP contribution < -0.4 is 10.1 Å². The third kappa shape index (κ3) is 3.29. The number of hydrogen-bond acceptors (Lipinski definition) is 4. The zero-order valence-electron chi connectivity index (χ0n) is 11.5. The number of nitrogens with one attached hydrogen (secondary N) is 1. The third-order valence-corrected chi connectivity index (χ3v) is 3.06. The summed E-state index contributed by atoms with van der Waals surface area (Å²) >= 11 is 0. The number of ether oxygens (including phenoxy) is 1. The minimum Gasteiger partial charge on any atom is -0.508 e. The zero-order chi connectivity index (χ0) is 14.5. The first-order chi connectivity index (χ1) is 9.60. The van der Waals surface area contributed by atoms with E-state index in [9.17, 15) is 9.90 Å². The average molecular weight is 271 g/mol. The molecule has 0 aromatic heterocycles. The average Bonchev–Trinajstić information content (AvgIpc) is 2.47. The van der Waals surface area contributed by atoms with Gasteiger partial charge in [0.1, 0.15) is 11.5 Å². The van der Waals surface area contributed by atoms with Crippen molar-refractivity contribution in [1.29, 1.82) is 0 Å². The van der Waals surface area contributed by atoms with E-state index in [0.29, 0.717) is 17.9 Å². The molecule has 0 radical (unpaired) electrons. The maximum atomic E-state index is 11.2. The van der Waals surface area contributed by atoms with Gasteiger partial charge in [-0.2, -0.15) is 0 Å². The van der Waals surface area contributed by atoms with Crippen LogP contribution >= 0.6 is 0 Å². The van der Waals surface area contributed by atoms with Gasteiger partial charge in [-0.3, -0.25) is 4.79 Å². The lowest BCUT2D eigenvalue weighted by molar-refractivity contribution is 0.101. The molecule has 0 fully saturated rings. The third-order valence-electron chi connectivity index (χ3n) is 3.06. The van der Waals surface area contributed by atoms with Gasteiger partial charge in [-0.05, 0) is 49.4 Å². The van der Waals surface area contributed by atoms with Crippen LogP contribution in [-0.2, 0) is 6.54 Å². The Kier molecular flexibility index (Phi) is 4.25. The molecule has 20 heavy (non-hydrogen) atoms. The molecule has 0 saturated carbocycles. The summed E-state index contributed by atoms with van der Waals surface area (Å²) in [5, 5.41) is 13.0. The molecule has 0 atom stereocenters. The number of aromatic hydroxyl groups is 1. The van der Waals surface area contributed by atoms with Crippen molar-refractivity contribution in [2.45, 2.75) is 13.5 Å². The quantitative estimate of drug-likeness (QED) is 0.820. The summed E-state index contributed by atoms with van der Waals surface area (Å²) in [6.45, 7) is 2.01. The molecule has 4 heteroatoms. The molecule has 0 saturated heterocycles. The summed E-state index contributed by atoms with van der Waals surface area (Å²) in [5.41, 5.74) is 2.32. The lowest BCUT2D eigenvalue weighted by Crippen LogP contribution is -2.01. The second-order valence-corrected chi connectivity index (χ2v) is 4.48. The Labute approximate surface area is 118 Å². The van der Waals surface area contributed by atoms with E-state index in [1.165, 1.54) is 6.92 Å². The van der Waals surface area contributed by atoms with Crippen molar-refractivity contribution in [1.82, 2.24) is 0 Å². The van der Waals surface area contributed by atoms with E-state index < -0.39 is 0 Å². The van der Waals surface area contributed by atoms with Crippen molar-refractivity contribution in [3.63, 3.8) is 0 Å². The van der Waals surface area contributed by atoms with Crippen molar-refractivity contribution < 1.29 is 14.6 Å². The molecule has 0 bridgehead atoms. The first-order valence-electron chi connectivity index (χ1n) is 6.31. The second-order valence-electron chi connectivity index (χ2n) is 4.48. The van der Waals surface area contributed by atoms with Gasteiger partial charge >= 0.3 is 0 Å². The topological polar surface area (TPSA) is 58.6 Å². The fraction of sp³-hybridized carbons (Fsp3) is 0.188. The molecule has 0 aliphatic heterocycles. The monoisotopic (exact) mass is 271 g/mol. The molecule has 4 nitrogen and oxygen atoms in total. The minimum atomic E-state index is 0.0435. The summed E-state index contributed by atoms with van der Waals surface area (Å²) in [6, 6.07) is 12.3. The molecule has 104 valence electrons. The summed E-state index contributed by atoms with van der Waals surface area (Å²) in [4.78, 5) is 11.2. The molecule has 0 amide bonds. The van der Waals surface area contributed by atoms with Crippen LogP contribution in [-0.4, -0.2) is 18.0 Å². The van der Waals surface area contributed by atoms with Gasteiger partial charge in [-0.25, -0.2) is 0 Å². The van der Waals surface area contributed by atoms with Gasteiger partial charge in [0.15, 0.2) is 5.78 Å². The molecule has 0 heterocycles. The lowest BCUT2D eigenvalue weighted by atomic mass is 10.1. The fourth-order valence-electron chi connectivity index (χ4n) is 1.85. The highest BCUT2D eigenvalue weighted by molar-refractivity contribution is 5.94. The van der Waals surface area contributed by atoms with E-state index in [-0.39, 0.29) is 11.5 Å². The Bertz CT molecular complexity index is 606. The van der Waals surface area contributed by atoms with E-state index in [2.05, 4.69) is 5.32 Å². The van der Waals surface area contributed by atoms with Crippen molar-refractivity contribution in [2.75, 3.05) is 12.4 Å². The molecule has 2 N–H and O–H groups in total. The molecule has 0 unspecified atom stereocenters. The number of anilines is 1. The molecule has 0 aliphatic rings. The zero-order valence-corrected chi connectivity index (χ0v) is 11.5. The summed E-state index contributed by atoms with van der Waals surface area (Å²) < 4.78 is 5.13. The number of phenolic OH excluding ortho intramolecular Hbond substituents is 1. The molecular weight excluding hydrogens is 254 g/mol. The Morgan fingerprint density at radius 1 is 1.20 bits per heavy atom. The second kappa shape index (κ2) is 6.10. The van der Waals surface area contributed by atoms with E-state index >= 15 is 0 Å². The molecule has 2 aromatic rings. The Morgan fingerprint density at radius 2 is 1.90 bits per heavy atom. The van der Waals surface area contributed by atoms with Crippen LogP contribution in [0.4, 0.5) is 5.69 Å². The minimum absolute atomic E-state index is 0.0435. The van der Waals surface area contributed by atoms with Crippen LogP contribution in [0.3, 0.4) is 0 Å². The van der Waals surface area contributed by atoms with E-state index in [0.717, 1.165) is 11.3 Å². The number of benzene rings is 2. The van der Waals surface area contributed by atoms with Crippen LogP contribution in [0, 0.1) is 0 Å². The number of carbonyl (C=O) groups excluding carboxylic acids is 1. The fourth-order valence-corrected chi connectivity index (χ4v) is 1.85. The lowest BCUT2D eigenvalue weighted by Gasteiger charge is -2.10. The molecule has 2 aromatic carbocycles. The number of rotatable bonds is 5. The van der Waals surface area contributed by atoms with Crippen molar-refractivity contribution >= 4 is 11.5 Å². The number of ketones is 1. The molecule has 0 spiro atoms. The largest absolute Gasteiger partial charge is 0.508 e. The van der Waals surface area contributed by atoms with Crippen LogP contribution in [0.1, 0.15) is 22.8 Å². The highest BCUT2D eigenvalue weighted by Gasteiger charge is 2.04. The van der Waals surface area contributed by atoms with E-state index in [1.54, 1.807) is 37.4 Å². The number of hydrogen-bond donors (Lipinski definition) is 2. The van der Waals surface area contributed by atoms with Crippen LogP contribution in [0.15, 0.2) is 42.5 Å². The van der Waals surface area contributed by atoms with Crippen molar-refractivity contribution in [3.05, 3.63) is 53.6 Å². The van der Waals surface area contributed by atoms with E-state index in [4.69, 9.17) is 4.74 Å². The standard InChI is InChI=1S/C16H17NO3/c1-11(18)12-3-5-14(6-4-12)17-10-13-9-15(20-2)7-8-16(13)19/h3-9,17,19H,10H2,1-2H3. The molecule has 0 aliphatic carbocycles. The Balaban J connectivity index is 2.06. The highest BCUT2D eigenvalue weighted by Crippen LogP contribution is 2.23. The number of methoxy groups -OCH3 is 1. The van der Waals surface area contributed by atoms with Crippen LogP contribution in [0.2, 0.25) is 0 Å².